The molecule has 0 saturated carbocycles. The van der Waals surface area contributed by atoms with Crippen molar-refractivity contribution in [2.45, 2.75) is 26.3 Å². The predicted octanol–water partition coefficient (Wildman–Crippen LogP) is 3.01. The van der Waals surface area contributed by atoms with Crippen LogP contribution < -0.4 is 0 Å². The van der Waals surface area contributed by atoms with Gasteiger partial charge in [-0.05, 0) is 24.1 Å². The number of rotatable bonds is 6. The molecule has 4 nitrogen and oxygen atoms in total. The first-order chi connectivity index (χ1) is 10.0. The average molecular weight is 367 g/mol. The molecular weight excluding hydrogens is 343 g/mol. The van der Waals surface area contributed by atoms with Gasteiger partial charge in [0.1, 0.15) is 0 Å². The van der Waals surface area contributed by atoms with E-state index in [-0.39, 0.29) is 18.2 Å². The topological polar surface area (TPSA) is 40.6 Å². The average Bonchev–Trinajstić information content (AvgIpc) is 2.46. The zero-order valence-electron chi connectivity index (χ0n) is 12.9. The first-order valence-corrected chi connectivity index (χ1v) is 9.44. The Balaban J connectivity index is 0.00000242. The number of hydrogen-bond acceptors (Lipinski definition) is 3. The van der Waals surface area contributed by atoms with Crippen molar-refractivity contribution < 1.29 is 8.42 Å². The van der Waals surface area contributed by atoms with Crippen LogP contribution in [0.2, 0.25) is 5.02 Å². The second-order valence-electron chi connectivity index (χ2n) is 5.47. The fourth-order valence-electron chi connectivity index (χ4n) is 2.52. The van der Waals surface area contributed by atoms with Gasteiger partial charge in [0.15, 0.2) is 0 Å². The highest BCUT2D eigenvalue weighted by Gasteiger charge is 2.26. The fourth-order valence-corrected chi connectivity index (χ4v) is 4.36. The Morgan fingerprint density at radius 2 is 1.86 bits per heavy atom. The van der Waals surface area contributed by atoms with Crippen LogP contribution in [0.4, 0.5) is 0 Å². The minimum Gasteiger partial charge on any atom is -0.296 e. The lowest BCUT2D eigenvalue weighted by Crippen LogP contribution is -2.48. The first kappa shape index (κ1) is 19.7. The molecule has 1 aromatic carbocycles. The van der Waals surface area contributed by atoms with E-state index in [2.05, 4.69) is 11.0 Å². The number of nitrogens with zero attached hydrogens (tertiary/aromatic N) is 2. The molecule has 0 unspecified atom stereocenters. The maximum absolute atomic E-state index is 12.1. The van der Waals surface area contributed by atoms with Crippen LogP contribution in [0.5, 0.6) is 0 Å². The molecular formula is C15H24Cl2N2O2S. The third kappa shape index (κ3) is 5.70. The molecule has 7 heteroatoms. The molecule has 0 aromatic heterocycles. The molecule has 1 aliphatic heterocycles. The van der Waals surface area contributed by atoms with E-state index in [4.69, 9.17) is 11.6 Å². The van der Waals surface area contributed by atoms with Gasteiger partial charge in [0.2, 0.25) is 10.0 Å². The number of hydrogen-bond donors (Lipinski definition) is 0. The van der Waals surface area contributed by atoms with Crippen LogP contribution in [0, 0.1) is 0 Å². The number of benzene rings is 1. The molecule has 0 bridgehead atoms. The zero-order chi connectivity index (χ0) is 15.3. The molecule has 1 aromatic rings. The van der Waals surface area contributed by atoms with Gasteiger partial charge in [-0.1, -0.05) is 37.1 Å². The van der Waals surface area contributed by atoms with Crippen molar-refractivity contribution in [2.75, 3.05) is 31.9 Å². The highest BCUT2D eigenvalue weighted by molar-refractivity contribution is 7.89. The molecule has 1 saturated heterocycles. The third-order valence-corrected chi connectivity index (χ3v) is 5.97. The summed E-state index contributed by atoms with van der Waals surface area (Å²) < 4.78 is 25.9. The van der Waals surface area contributed by atoms with E-state index in [0.29, 0.717) is 13.1 Å². The number of unbranched alkanes of at least 4 members (excludes halogenated alkanes) is 1. The summed E-state index contributed by atoms with van der Waals surface area (Å²) in [6.07, 6.45) is 1.65. The summed E-state index contributed by atoms with van der Waals surface area (Å²) >= 11 is 5.99. The van der Waals surface area contributed by atoms with Gasteiger partial charge in [-0.3, -0.25) is 4.90 Å². The van der Waals surface area contributed by atoms with Gasteiger partial charge in [0.05, 0.1) is 5.75 Å². The third-order valence-electron chi connectivity index (χ3n) is 3.78. The van der Waals surface area contributed by atoms with E-state index in [1.165, 1.54) is 5.56 Å². The van der Waals surface area contributed by atoms with Gasteiger partial charge in [-0.2, -0.15) is 4.31 Å². The summed E-state index contributed by atoms with van der Waals surface area (Å²) in [5, 5.41) is 0.744. The number of piperazine rings is 1. The van der Waals surface area contributed by atoms with Crippen molar-refractivity contribution in [3.05, 3.63) is 34.9 Å². The van der Waals surface area contributed by atoms with E-state index >= 15 is 0 Å². The Morgan fingerprint density at radius 3 is 2.45 bits per heavy atom. The minimum atomic E-state index is -3.06. The number of halogens is 2. The standard InChI is InChI=1S/C15H23ClN2O2S.ClH/c1-2-3-11-21(19,20)18-9-7-17(8-10-18)13-14-5-4-6-15(16)12-14;/h4-6,12H,2-3,7-11,13H2,1H3;1H. The molecule has 1 heterocycles. The van der Waals surface area contributed by atoms with Crippen molar-refractivity contribution >= 4 is 34.0 Å². The van der Waals surface area contributed by atoms with Crippen LogP contribution in [-0.2, 0) is 16.6 Å². The fraction of sp³-hybridized carbons (Fsp3) is 0.600. The van der Waals surface area contributed by atoms with Crippen LogP contribution in [0.3, 0.4) is 0 Å². The highest BCUT2D eigenvalue weighted by Crippen LogP contribution is 2.15. The van der Waals surface area contributed by atoms with E-state index < -0.39 is 10.0 Å². The zero-order valence-corrected chi connectivity index (χ0v) is 15.3. The second-order valence-corrected chi connectivity index (χ2v) is 8.00. The smallest absolute Gasteiger partial charge is 0.214 e. The van der Waals surface area contributed by atoms with Crippen molar-refractivity contribution in [1.82, 2.24) is 9.21 Å². The lowest BCUT2D eigenvalue weighted by Gasteiger charge is -2.34. The van der Waals surface area contributed by atoms with Crippen LogP contribution in [0.1, 0.15) is 25.3 Å². The number of sulfonamides is 1. The monoisotopic (exact) mass is 366 g/mol. The summed E-state index contributed by atoms with van der Waals surface area (Å²) in [4.78, 5) is 2.28. The Labute approximate surface area is 144 Å². The van der Waals surface area contributed by atoms with Crippen molar-refractivity contribution in [2.24, 2.45) is 0 Å². The quantitative estimate of drug-likeness (QED) is 0.776. The molecule has 0 atom stereocenters. The Bertz CT molecular complexity index is 558. The molecule has 1 fully saturated rings. The SMILES string of the molecule is CCCCS(=O)(=O)N1CCN(Cc2cccc(Cl)c2)CC1.Cl. The van der Waals surface area contributed by atoms with E-state index in [1.54, 1.807) is 4.31 Å². The van der Waals surface area contributed by atoms with Crippen LogP contribution >= 0.6 is 24.0 Å². The van der Waals surface area contributed by atoms with E-state index in [9.17, 15) is 8.42 Å². The van der Waals surface area contributed by atoms with Crippen LogP contribution in [0.15, 0.2) is 24.3 Å². The van der Waals surface area contributed by atoms with Crippen molar-refractivity contribution in [1.29, 1.82) is 0 Å². The van der Waals surface area contributed by atoms with Crippen molar-refractivity contribution in [3.8, 4) is 0 Å². The van der Waals surface area contributed by atoms with Crippen molar-refractivity contribution in [3.63, 3.8) is 0 Å². The van der Waals surface area contributed by atoms with Gasteiger partial charge < -0.3 is 0 Å². The summed E-state index contributed by atoms with van der Waals surface area (Å²) in [7, 11) is -3.06. The summed E-state index contributed by atoms with van der Waals surface area (Å²) in [6, 6.07) is 7.83. The lowest BCUT2D eigenvalue weighted by molar-refractivity contribution is 0.181. The van der Waals surface area contributed by atoms with Gasteiger partial charge in [0, 0.05) is 37.7 Å². The molecule has 22 heavy (non-hydrogen) atoms. The lowest BCUT2D eigenvalue weighted by atomic mass is 10.2. The predicted molar refractivity (Wildman–Crippen MR) is 94.2 cm³/mol. The highest BCUT2D eigenvalue weighted by atomic mass is 35.5. The van der Waals surface area contributed by atoms with E-state index in [1.807, 2.05) is 25.1 Å². The molecule has 126 valence electrons. The molecule has 0 amide bonds. The van der Waals surface area contributed by atoms with Gasteiger partial charge >= 0.3 is 0 Å². The largest absolute Gasteiger partial charge is 0.296 e. The first-order valence-electron chi connectivity index (χ1n) is 7.46. The van der Waals surface area contributed by atoms with Crippen LogP contribution in [0.25, 0.3) is 0 Å². The minimum absolute atomic E-state index is 0. The van der Waals surface area contributed by atoms with Gasteiger partial charge in [-0.15, -0.1) is 12.4 Å². The molecule has 2 rings (SSSR count). The van der Waals surface area contributed by atoms with E-state index in [0.717, 1.165) is 37.5 Å². The Morgan fingerprint density at radius 1 is 1.18 bits per heavy atom. The summed E-state index contributed by atoms with van der Waals surface area (Å²) in [5.41, 5.74) is 1.17. The molecule has 0 aliphatic carbocycles. The van der Waals surface area contributed by atoms with Crippen LogP contribution in [-0.4, -0.2) is 49.6 Å². The summed E-state index contributed by atoms with van der Waals surface area (Å²) in [5.74, 6) is 0.276. The van der Waals surface area contributed by atoms with Gasteiger partial charge in [-0.25, -0.2) is 8.42 Å². The molecule has 1 aliphatic rings. The van der Waals surface area contributed by atoms with Gasteiger partial charge in [0.25, 0.3) is 0 Å². The molecule has 0 N–H and O–H groups in total. The maximum atomic E-state index is 12.1. The Hall–Kier alpha value is -0.330. The maximum Gasteiger partial charge on any atom is 0.214 e. The molecule has 0 radical (unpaired) electrons. The summed E-state index contributed by atoms with van der Waals surface area (Å²) in [6.45, 7) is 5.57. The Kier molecular flexibility index (Phi) is 8.14. The molecule has 0 spiro atoms. The second kappa shape index (κ2) is 9.08. The normalized spacial score (nSPS) is 17.2.